The lowest BCUT2D eigenvalue weighted by Crippen LogP contribution is -2.26. The fourth-order valence-corrected chi connectivity index (χ4v) is 4.58. The van der Waals surface area contributed by atoms with Crippen LogP contribution in [0.1, 0.15) is 5.56 Å². The average Bonchev–Trinajstić information content (AvgIpc) is 3.07. The molecule has 0 saturated heterocycles. The number of thioether (sulfide) groups is 1. The van der Waals surface area contributed by atoms with Crippen molar-refractivity contribution >= 4 is 39.2 Å². The van der Waals surface area contributed by atoms with Crippen LogP contribution in [-0.2, 0) is 11.3 Å². The number of aromatic nitrogens is 2. The van der Waals surface area contributed by atoms with Crippen LogP contribution in [-0.4, -0.2) is 40.2 Å². The summed E-state index contributed by atoms with van der Waals surface area (Å²) in [7, 11) is 3.42. The Bertz CT molecular complexity index is 1050. The third-order valence-electron chi connectivity index (χ3n) is 4.16. The smallest absolute Gasteiger partial charge is 0.263 e. The summed E-state index contributed by atoms with van der Waals surface area (Å²) in [5.41, 5.74) is 2.96. The lowest BCUT2D eigenvalue weighted by molar-refractivity contribution is -0.125. The molecular formula is C20H21N3O2S2. The molecule has 0 spiro atoms. The molecular weight excluding hydrogens is 378 g/mol. The first kappa shape index (κ1) is 19.4. The van der Waals surface area contributed by atoms with E-state index in [4.69, 9.17) is 0 Å². The van der Waals surface area contributed by atoms with Gasteiger partial charge < -0.3 is 4.90 Å². The number of allylic oxidation sites excluding steroid dienone is 1. The van der Waals surface area contributed by atoms with Gasteiger partial charge in [0.1, 0.15) is 4.83 Å². The number of nitrogens with zero attached hydrogens (tertiary/aromatic N) is 3. The molecule has 0 aliphatic rings. The monoisotopic (exact) mass is 399 g/mol. The van der Waals surface area contributed by atoms with Crippen LogP contribution >= 0.6 is 23.1 Å². The van der Waals surface area contributed by atoms with E-state index >= 15 is 0 Å². The summed E-state index contributed by atoms with van der Waals surface area (Å²) in [6.07, 6.45) is 1.67. The number of carbonyl (C=O) groups is 1. The fourth-order valence-electron chi connectivity index (χ4n) is 2.61. The van der Waals surface area contributed by atoms with E-state index in [-0.39, 0.29) is 17.2 Å². The van der Waals surface area contributed by atoms with E-state index in [2.05, 4.69) is 11.6 Å². The maximum absolute atomic E-state index is 13.2. The van der Waals surface area contributed by atoms with Gasteiger partial charge in [0, 0.05) is 31.6 Å². The van der Waals surface area contributed by atoms with Crippen LogP contribution < -0.4 is 5.56 Å². The van der Waals surface area contributed by atoms with E-state index in [1.807, 2.05) is 36.6 Å². The Kier molecular flexibility index (Phi) is 5.82. The molecule has 2 aromatic heterocycles. The van der Waals surface area contributed by atoms with Gasteiger partial charge in [-0.15, -0.1) is 17.9 Å². The molecule has 3 rings (SSSR count). The van der Waals surface area contributed by atoms with Crippen LogP contribution in [0.15, 0.2) is 52.3 Å². The van der Waals surface area contributed by atoms with Crippen LogP contribution in [0, 0.1) is 6.92 Å². The first-order chi connectivity index (χ1) is 12.9. The first-order valence-corrected chi connectivity index (χ1v) is 10.3. The van der Waals surface area contributed by atoms with E-state index in [1.54, 1.807) is 24.7 Å². The second-order valence-corrected chi connectivity index (χ2v) is 8.17. The highest BCUT2D eigenvalue weighted by atomic mass is 32.2. The number of rotatable bonds is 6. The lowest BCUT2D eigenvalue weighted by Gasteiger charge is -2.12. The summed E-state index contributed by atoms with van der Waals surface area (Å²) in [5.74, 6) is 0.212. The van der Waals surface area contributed by atoms with Gasteiger partial charge in [-0.2, -0.15) is 0 Å². The number of fused-ring (bicyclic) bond motifs is 1. The number of carbonyl (C=O) groups excluding carboxylic acids is 1. The summed E-state index contributed by atoms with van der Waals surface area (Å²) in [5, 5.41) is 3.13. The Morgan fingerprint density at radius 1 is 1.33 bits per heavy atom. The zero-order valence-electron chi connectivity index (χ0n) is 15.6. The summed E-state index contributed by atoms with van der Waals surface area (Å²) >= 11 is 2.73. The van der Waals surface area contributed by atoms with Crippen LogP contribution in [0.4, 0.5) is 0 Å². The number of amides is 1. The number of hydrogen-bond acceptors (Lipinski definition) is 5. The molecule has 0 radical (unpaired) electrons. The minimum atomic E-state index is -0.100. The Hall–Kier alpha value is -2.38. The Balaban J connectivity index is 2.10. The van der Waals surface area contributed by atoms with E-state index in [0.29, 0.717) is 21.9 Å². The van der Waals surface area contributed by atoms with E-state index < -0.39 is 0 Å². The number of thiophene rings is 1. The Labute approximate surface area is 166 Å². The number of hydrogen-bond donors (Lipinski definition) is 0. The SMILES string of the molecule is C=CCn1c(SCC(=O)N(C)C)nc2scc(-c3ccc(C)cc3)c2c1=O. The molecule has 2 heterocycles. The molecule has 0 atom stereocenters. The zero-order chi connectivity index (χ0) is 19.6. The van der Waals surface area contributed by atoms with Crippen molar-refractivity contribution in [3.63, 3.8) is 0 Å². The quantitative estimate of drug-likeness (QED) is 0.359. The van der Waals surface area contributed by atoms with E-state index in [9.17, 15) is 9.59 Å². The molecule has 0 aliphatic carbocycles. The van der Waals surface area contributed by atoms with Crippen molar-refractivity contribution in [1.29, 1.82) is 0 Å². The molecule has 1 amide bonds. The largest absolute Gasteiger partial charge is 0.348 e. The summed E-state index contributed by atoms with van der Waals surface area (Å²) in [6.45, 7) is 6.14. The second kappa shape index (κ2) is 8.10. The van der Waals surface area contributed by atoms with Crippen molar-refractivity contribution in [2.45, 2.75) is 18.6 Å². The lowest BCUT2D eigenvalue weighted by atomic mass is 10.1. The highest BCUT2D eigenvalue weighted by molar-refractivity contribution is 7.99. The molecule has 0 fully saturated rings. The van der Waals surface area contributed by atoms with Crippen molar-refractivity contribution in [3.05, 3.63) is 58.2 Å². The second-order valence-electron chi connectivity index (χ2n) is 6.37. The predicted molar refractivity (Wildman–Crippen MR) is 114 cm³/mol. The van der Waals surface area contributed by atoms with Gasteiger partial charge in [-0.05, 0) is 12.5 Å². The third kappa shape index (κ3) is 3.99. The van der Waals surface area contributed by atoms with Crippen molar-refractivity contribution < 1.29 is 4.79 Å². The summed E-state index contributed by atoms with van der Waals surface area (Å²) < 4.78 is 1.59. The minimum Gasteiger partial charge on any atom is -0.348 e. The zero-order valence-corrected chi connectivity index (χ0v) is 17.2. The van der Waals surface area contributed by atoms with Crippen LogP contribution in [0.5, 0.6) is 0 Å². The Morgan fingerprint density at radius 2 is 2.04 bits per heavy atom. The highest BCUT2D eigenvalue weighted by Gasteiger charge is 2.18. The van der Waals surface area contributed by atoms with E-state index in [1.165, 1.54) is 33.6 Å². The molecule has 27 heavy (non-hydrogen) atoms. The van der Waals surface area contributed by atoms with Gasteiger partial charge in [-0.25, -0.2) is 4.98 Å². The van der Waals surface area contributed by atoms with Gasteiger partial charge in [0.2, 0.25) is 5.91 Å². The minimum absolute atomic E-state index is 0.0222. The third-order valence-corrected chi connectivity index (χ3v) is 5.99. The van der Waals surface area contributed by atoms with Gasteiger partial charge in [0.15, 0.2) is 5.16 Å². The summed E-state index contributed by atoms with van der Waals surface area (Å²) in [4.78, 5) is 32.0. The van der Waals surface area contributed by atoms with Crippen LogP contribution in [0.3, 0.4) is 0 Å². The van der Waals surface area contributed by atoms with Crippen molar-refractivity contribution in [2.24, 2.45) is 0 Å². The van der Waals surface area contributed by atoms with Gasteiger partial charge in [0.05, 0.1) is 11.1 Å². The van der Waals surface area contributed by atoms with Gasteiger partial charge in [-0.3, -0.25) is 14.2 Å². The van der Waals surface area contributed by atoms with Gasteiger partial charge in [-0.1, -0.05) is 47.7 Å². The van der Waals surface area contributed by atoms with Crippen molar-refractivity contribution in [2.75, 3.05) is 19.8 Å². The van der Waals surface area contributed by atoms with Gasteiger partial charge >= 0.3 is 0 Å². The molecule has 1 aromatic carbocycles. The van der Waals surface area contributed by atoms with Crippen molar-refractivity contribution in [3.8, 4) is 11.1 Å². The fraction of sp³-hybridized carbons (Fsp3) is 0.250. The molecule has 0 aliphatic heterocycles. The molecule has 0 unspecified atom stereocenters. The normalized spacial score (nSPS) is 10.9. The van der Waals surface area contributed by atoms with Crippen molar-refractivity contribution in [1.82, 2.24) is 14.5 Å². The average molecular weight is 400 g/mol. The molecule has 5 nitrogen and oxygen atoms in total. The molecule has 7 heteroatoms. The molecule has 0 bridgehead atoms. The highest BCUT2D eigenvalue weighted by Crippen LogP contribution is 2.32. The topological polar surface area (TPSA) is 55.2 Å². The molecule has 0 N–H and O–H groups in total. The standard InChI is InChI=1S/C20H21N3O2S2/c1-5-10-23-19(25)17-15(14-8-6-13(2)7-9-14)11-26-18(17)21-20(23)27-12-16(24)22(3)4/h5-9,11H,1,10,12H2,2-4H3. The van der Waals surface area contributed by atoms with Crippen LogP contribution in [0.2, 0.25) is 0 Å². The van der Waals surface area contributed by atoms with E-state index in [0.717, 1.165) is 11.1 Å². The molecule has 140 valence electrons. The first-order valence-electron chi connectivity index (χ1n) is 8.45. The number of benzene rings is 1. The molecule has 3 aromatic rings. The van der Waals surface area contributed by atoms with Gasteiger partial charge in [0.25, 0.3) is 5.56 Å². The summed E-state index contributed by atoms with van der Waals surface area (Å²) in [6, 6.07) is 8.11. The molecule has 0 saturated carbocycles. The maximum atomic E-state index is 13.2. The maximum Gasteiger partial charge on any atom is 0.263 e. The number of aryl methyl sites for hydroxylation is 1. The Morgan fingerprint density at radius 3 is 2.67 bits per heavy atom. The van der Waals surface area contributed by atoms with Crippen LogP contribution in [0.25, 0.3) is 21.3 Å². The predicted octanol–water partition coefficient (Wildman–Crippen LogP) is 3.80.